The van der Waals surface area contributed by atoms with Crippen LogP contribution in [-0.2, 0) is 12.8 Å². The summed E-state index contributed by atoms with van der Waals surface area (Å²) in [5.41, 5.74) is 8.99. The van der Waals surface area contributed by atoms with E-state index in [9.17, 15) is 4.39 Å². The van der Waals surface area contributed by atoms with Crippen LogP contribution in [0.15, 0.2) is 28.7 Å². The van der Waals surface area contributed by atoms with E-state index in [2.05, 4.69) is 26.2 Å². The van der Waals surface area contributed by atoms with E-state index in [0.29, 0.717) is 17.1 Å². The second-order valence-electron chi connectivity index (χ2n) is 4.96. The van der Waals surface area contributed by atoms with Gasteiger partial charge in [-0.1, -0.05) is 28.1 Å². The van der Waals surface area contributed by atoms with Gasteiger partial charge in [0.1, 0.15) is 16.6 Å². The van der Waals surface area contributed by atoms with Crippen molar-refractivity contribution in [3.8, 4) is 0 Å². The average molecular weight is 366 g/mol. The molecule has 0 spiro atoms. The summed E-state index contributed by atoms with van der Waals surface area (Å²) >= 11 is 8.42. The van der Waals surface area contributed by atoms with Gasteiger partial charge in [-0.15, -0.1) is 0 Å². The van der Waals surface area contributed by atoms with Crippen LogP contribution in [0.4, 0.5) is 15.9 Å². The molecule has 0 radical (unpaired) electrons. The van der Waals surface area contributed by atoms with Crippen molar-refractivity contribution in [2.24, 2.45) is 5.73 Å². The predicted octanol–water partition coefficient (Wildman–Crippen LogP) is 3.85. The lowest BCUT2D eigenvalue weighted by Gasteiger charge is -2.13. The van der Waals surface area contributed by atoms with Crippen LogP contribution in [0.5, 0.6) is 0 Å². The minimum Gasteiger partial charge on any atom is -0.389 e. The second-order valence-corrected chi connectivity index (χ2v) is 6.31. The molecule has 1 aliphatic carbocycles. The van der Waals surface area contributed by atoms with Crippen LogP contribution in [0.2, 0.25) is 0 Å². The Balaban J connectivity index is 2.05. The Morgan fingerprint density at radius 3 is 2.90 bits per heavy atom. The molecular weight excluding hydrogens is 353 g/mol. The highest BCUT2D eigenvalue weighted by Gasteiger charge is 2.18. The lowest BCUT2D eigenvalue weighted by atomic mass is 10.1. The molecular formula is C15H13BrFN3S. The first-order valence-electron chi connectivity index (χ1n) is 6.59. The molecule has 0 unspecified atom stereocenters. The maximum absolute atomic E-state index is 13.9. The van der Waals surface area contributed by atoms with Crippen molar-refractivity contribution in [2.75, 3.05) is 5.32 Å². The predicted molar refractivity (Wildman–Crippen MR) is 89.5 cm³/mol. The first-order valence-corrected chi connectivity index (χ1v) is 7.79. The lowest BCUT2D eigenvalue weighted by Crippen LogP contribution is -2.14. The number of anilines is 2. The molecule has 0 amide bonds. The standard InChI is InChI=1S/C15H13BrFN3S/c16-9-4-5-11(17)13(7-9)20-15-10(14(18)21)6-8-2-1-3-12(8)19-15/h4-7H,1-3H2,(H2,18,21)(H,19,20). The Kier molecular flexibility index (Phi) is 3.91. The number of fused-ring (bicyclic) bond motifs is 1. The number of pyridine rings is 1. The summed E-state index contributed by atoms with van der Waals surface area (Å²) in [6.45, 7) is 0. The summed E-state index contributed by atoms with van der Waals surface area (Å²) in [5.74, 6) is 0.162. The smallest absolute Gasteiger partial charge is 0.146 e. The van der Waals surface area contributed by atoms with Gasteiger partial charge in [-0.05, 0) is 49.1 Å². The Bertz CT molecular complexity index is 733. The zero-order chi connectivity index (χ0) is 15.0. The van der Waals surface area contributed by atoms with Gasteiger partial charge in [0.15, 0.2) is 0 Å². The van der Waals surface area contributed by atoms with E-state index in [1.165, 1.54) is 11.6 Å². The minimum atomic E-state index is -0.352. The molecule has 21 heavy (non-hydrogen) atoms. The average Bonchev–Trinajstić information content (AvgIpc) is 2.89. The summed E-state index contributed by atoms with van der Waals surface area (Å²) in [4.78, 5) is 4.84. The number of rotatable bonds is 3. The molecule has 0 saturated heterocycles. The second kappa shape index (κ2) is 5.69. The largest absolute Gasteiger partial charge is 0.389 e. The molecule has 3 rings (SSSR count). The Hall–Kier alpha value is -1.53. The fraction of sp³-hybridized carbons (Fsp3) is 0.200. The first kappa shape index (κ1) is 14.4. The van der Waals surface area contributed by atoms with Crippen LogP contribution in [0.25, 0.3) is 0 Å². The third kappa shape index (κ3) is 2.91. The third-order valence-electron chi connectivity index (χ3n) is 3.50. The topological polar surface area (TPSA) is 50.9 Å². The number of hydrogen-bond acceptors (Lipinski definition) is 3. The van der Waals surface area contributed by atoms with Gasteiger partial charge in [0.05, 0.1) is 11.3 Å². The summed E-state index contributed by atoms with van der Waals surface area (Å²) in [7, 11) is 0. The van der Waals surface area contributed by atoms with Gasteiger partial charge in [-0.2, -0.15) is 0 Å². The van der Waals surface area contributed by atoms with E-state index < -0.39 is 0 Å². The summed E-state index contributed by atoms with van der Waals surface area (Å²) < 4.78 is 14.7. The fourth-order valence-corrected chi connectivity index (χ4v) is 2.99. The molecule has 108 valence electrons. The molecule has 1 aromatic heterocycles. The van der Waals surface area contributed by atoms with Crippen LogP contribution < -0.4 is 11.1 Å². The number of nitrogens with one attached hydrogen (secondary N) is 1. The molecule has 0 atom stereocenters. The van der Waals surface area contributed by atoms with Crippen molar-refractivity contribution in [3.05, 3.63) is 51.4 Å². The molecule has 0 bridgehead atoms. The summed E-state index contributed by atoms with van der Waals surface area (Å²) in [6, 6.07) is 6.66. The van der Waals surface area contributed by atoms with Gasteiger partial charge in [-0.3, -0.25) is 0 Å². The summed E-state index contributed by atoms with van der Waals surface area (Å²) in [6.07, 6.45) is 3.00. The van der Waals surface area contributed by atoms with Crippen molar-refractivity contribution >= 4 is 44.6 Å². The number of hydrogen-bond donors (Lipinski definition) is 2. The van der Waals surface area contributed by atoms with Crippen molar-refractivity contribution in [3.63, 3.8) is 0 Å². The molecule has 2 aromatic rings. The van der Waals surface area contributed by atoms with Gasteiger partial charge in [0.25, 0.3) is 0 Å². The van der Waals surface area contributed by atoms with E-state index in [-0.39, 0.29) is 10.8 Å². The Morgan fingerprint density at radius 2 is 2.14 bits per heavy atom. The molecule has 6 heteroatoms. The molecule has 3 N–H and O–H groups in total. The molecule has 0 aliphatic heterocycles. The van der Waals surface area contributed by atoms with Gasteiger partial charge >= 0.3 is 0 Å². The highest BCUT2D eigenvalue weighted by molar-refractivity contribution is 9.10. The molecule has 0 fully saturated rings. The number of nitrogens with two attached hydrogens (primary N) is 1. The van der Waals surface area contributed by atoms with Crippen LogP contribution in [0, 0.1) is 5.82 Å². The first-order chi connectivity index (χ1) is 10.0. The zero-order valence-electron chi connectivity index (χ0n) is 11.1. The maximum Gasteiger partial charge on any atom is 0.146 e. The number of benzene rings is 1. The van der Waals surface area contributed by atoms with E-state index in [0.717, 1.165) is 29.4 Å². The molecule has 0 saturated carbocycles. The minimum absolute atomic E-state index is 0.259. The number of aromatic nitrogens is 1. The third-order valence-corrected chi connectivity index (χ3v) is 4.21. The number of halogens is 2. The highest BCUT2D eigenvalue weighted by atomic mass is 79.9. The van der Waals surface area contributed by atoms with Gasteiger partial charge in [0.2, 0.25) is 0 Å². The van der Waals surface area contributed by atoms with Crippen molar-refractivity contribution in [2.45, 2.75) is 19.3 Å². The van der Waals surface area contributed by atoms with Crippen molar-refractivity contribution in [1.29, 1.82) is 0 Å². The molecule has 1 heterocycles. The molecule has 3 nitrogen and oxygen atoms in total. The number of aryl methyl sites for hydroxylation is 2. The fourth-order valence-electron chi connectivity index (χ4n) is 2.48. The number of thiocarbonyl (C=S) groups is 1. The van der Waals surface area contributed by atoms with Crippen molar-refractivity contribution < 1.29 is 4.39 Å². The van der Waals surface area contributed by atoms with Crippen molar-refractivity contribution in [1.82, 2.24) is 4.98 Å². The van der Waals surface area contributed by atoms with Gasteiger partial charge in [-0.25, -0.2) is 9.37 Å². The monoisotopic (exact) mass is 365 g/mol. The molecule has 1 aliphatic rings. The van der Waals surface area contributed by atoms with E-state index in [1.54, 1.807) is 12.1 Å². The lowest BCUT2D eigenvalue weighted by molar-refractivity contribution is 0.631. The molecule has 1 aromatic carbocycles. The van der Waals surface area contributed by atoms with E-state index in [1.807, 2.05) is 6.07 Å². The quantitative estimate of drug-likeness (QED) is 0.811. The van der Waals surface area contributed by atoms with Crippen LogP contribution in [0.3, 0.4) is 0 Å². The maximum atomic E-state index is 13.9. The van der Waals surface area contributed by atoms with E-state index in [4.69, 9.17) is 18.0 Å². The van der Waals surface area contributed by atoms with Gasteiger partial charge < -0.3 is 11.1 Å². The van der Waals surface area contributed by atoms with Crippen LogP contribution in [0.1, 0.15) is 23.2 Å². The highest BCUT2D eigenvalue weighted by Crippen LogP contribution is 2.29. The Labute approximate surface area is 135 Å². The SMILES string of the molecule is NC(=S)c1cc2c(nc1Nc1cc(Br)ccc1F)CCC2. The van der Waals surface area contributed by atoms with Crippen LogP contribution in [-0.4, -0.2) is 9.97 Å². The zero-order valence-corrected chi connectivity index (χ0v) is 13.5. The normalized spacial score (nSPS) is 13.0. The number of nitrogens with zero attached hydrogens (tertiary/aromatic N) is 1. The van der Waals surface area contributed by atoms with Crippen LogP contribution >= 0.6 is 28.1 Å². The van der Waals surface area contributed by atoms with Gasteiger partial charge in [0, 0.05) is 10.2 Å². The summed E-state index contributed by atoms with van der Waals surface area (Å²) in [5, 5.41) is 3.01. The van der Waals surface area contributed by atoms with E-state index >= 15 is 0 Å². The Morgan fingerprint density at radius 1 is 1.33 bits per heavy atom.